The Hall–Kier alpha value is -10.1. The Balaban J connectivity index is 1.13. The van der Waals surface area contributed by atoms with Crippen LogP contribution in [-0.2, 0) is 0 Å². The van der Waals surface area contributed by atoms with Crippen molar-refractivity contribution in [1.82, 2.24) is 14.5 Å². The Labute approximate surface area is 399 Å². The summed E-state index contributed by atoms with van der Waals surface area (Å²) in [5, 5.41) is 33.2. The molecule has 8 nitrogen and oxygen atoms in total. The Morgan fingerprint density at radius 1 is 0.333 bits per heavy atom. The minimum absolute atomic E-state index is 0.314. The van der Waals surface area contributed by atoms with E-state index in [1.165, 1.54) is 0 Å². The average Bonchev–Trinajstić information content (AvgIpc) is 3.75. The highest BCUT2D eigenvalue weighted by Gasteiger charge is 2.22. The molecule has 0 bridgehead atoms. The van der Waals surface area contributed by atoms with Gasteiger partial charge in [0.05, 0.1) is 57.3 Å². The highest BCUT2D eigenvalue weighted by Crippen LogP contribution is 2.43. The van der Waals surface area contributed by atoms with Crippen LogP contribution in [0.3, 0.4) is 0 Å². The van der Waals surface area contributed by atoms with Gasteiger partial charge in [0, 0.05) is 67.3 Å². The van der Waals surface area contributed by atoms with E-state index in [0.29, 0.717) is 50.6 Å². The SMILES string of the molecule is N#Cc1ccccc1-c1cc(-c2ccc(-n3c4ccc(N(c5ccccc5)c5ccccc5)cc4c4cc(N(c5ccccc5)c5ccccc5)ccc43)cc2C#N)nc(-c2ccccc2C#N)n1. The predicted octanol–water partition coefficient (Wildman–Crippen LogP) is 15.1. The van der Waals surface area contributed by atoms with Gasteiger partial charge in [-0.2, -0.15) is 15.8 Å². The van der Waals surface area contributed by atoms with E-state index < -0.39 is 0 Å². The Morgan fingerprint density at radius 2 is 0.725 bits per heavy atom. The highest BCUT2D eigenvalue weighted by molar-refractivity contribution is 6.12. The number of fused-ring (bicyclic) bond motifs is 3. The van der Waals surface area contributed by atoms with Crippen molar-refractivity contribution in [2.24, 2.45) is 0 Å². The van der Waals surface area contributed by atoms with Crippen LogP contribution in [-0.4, -0.2) is 14.5 Å². The molecule has 69 heavy (non-hydrogen) atoms. The molecule has 0 aliphatic carbocycles. The zero-order chi connectivity index (χ0) is 46.7. The second kappa shape index (κ2) is 18.1. The fourth-order valence-electron chi connectivity index (χ4n) is 9.17. The van der Waals surface area contributed by atoms with E-state index in [1.807, 2.05) is 78.9 Å². The molecule has 0 N–H and O–H groups in total. The number of hydrogen-bond donors (Lipinski definition) is 0. The van der Waals surface area contributed by atoms with E-state index >= 15 is 0 Å². The first-order valence-electron chi connectivity index (χ1n) is 22.4. The normalized spacial score (nSPS) is 10.9. The maximum Gasteiger partial charge on any atom is 0.161 e. The van der Waals surface area contributed by atoms with Crippen LogP contribution in [0, 0.1) is 34.0 Å². The first kappa shape index (κ1) is 41.6. The quantitative estimate of drug-likeness (QED) is 0.135. The van der Waals surface area contributed by atoms with Gasteiger partial charge in [-0.1, -0.05) is 103 Å². The number of nitriles is 3. The lowest BCUT2D eigenvalue weighted by molar-refractivity contribution is 1.16. The second-order valence-electron chi connectivity index (χ2n) is 16.4. The minimum atomic E-state index is 0.314. The van der Waals surface area contributed by atoms with Crippen molar-refractivity contribution in [2.45, 2.75) is 0 Å². The standard InChI is InChI=1S/C61H38N8/c62-39-42-17-13-15-27-52(42)57-38-58(66-61(65-57)54-28-16-14-18-43(54)40-63)53-32-29-49(35-44(53)41-64)69-59-33-30-50(67(45-19-5-1-6-20-45)46-21-7-2-8-22-46)36-55(59)56-37-51(31-34-60(56)69)68(47-23-9-3-10-24-47)48-25-11-4-12-26-48/h1-38H. The molecule has 0 unspecified atom stereocenters. The lowest BCUT2D eigenvalue weighted by atomic mass is 9.99. The largest absolute Gasteiger partial charge is 0.310 e. The molecule has 0 amide bonds. The third kappa shape index (κ3) is 7.75. The summed E-state index contributed by atoms with van der Waals surface area (Å²) < 4.78 is 2.22. The molecule has 0 spiro atoms. The molecule has 11 aromatic rings. The number of para-hydroxylation sites is 4. The van der Waals surface area contributed by atoms with Gasteiger partial charge in [-0.05, 0) is 127 Å². The van der Waals surface area contributed by atoms with Gasteiger partial charge >= 0.3 is 0 Å². The molecule has 322 valence electrons. The fraction of sp³-hybridized carbons (Fsp3) is 0. The van der Waals surface area contributed by atoms with Gasteiger partial charge in [0.25, 0.3) is 0 Å². The van der Waals surface area contributed by atoms with E-state index in [0.717, 1.165) is 61.6 Å². The van der Waals surface area contributed by atoms with Crippen LogP contribution in [0.5, 0.6) is 0 Å². The molecule has 0 aliphatic heterocycles. The summed E-state index contributed by atoms with van der Waals surface area (Å²) in [7, 11) is 0. The zero-order valence-electron chi connectivity index (χ0n) is 37.0. The van der Waals surface area contributed by atoms with Crippen molar-refractivity contribution in [3.8, 4) is 57.8 Å². The topological polar surface area (TPSA) is 109 Å². The smallest absolute Gasteiger partial charge is 0.161 e. The number of hydrogen-bond acceptors (Lipinski definition) is 7. The van der Waals surface area contributed by atoms with Gasteiger partial charge < -0.3 is 14.4 Å². The summed E-state index contributed by atoms with van der Waals surface area (Å²) in [5.74, 6) is 0.314. The van der Waals surface area contributed by atoms with E-state index in [4.69, 9.17) is 9.97 Å². The molecule has 2 aromatic heterocycles. The number of nitrogens with zero attached hydrogens (tertiary/aromatic N) is 8. The molecule has 0 atom stereocenters. The number of benzene rings is 9. The third-order valence-corrected chi connectivity index (χ3v) is 12.3. The van der Waals surface area contributed by atoms with Crippen LogP contribution in [0.15, 0.2) is 231 Å². The number of rotatable bonds is 10. The zero-order valence-corrected chi connectivity index (χ0v) is 37.0. The summed E-state index contributed by atoms with van der Waals surface area (Å²) >= 11 is 0. The van der Waals surface area contributed by atoms with E-state index in [2.05, 4.69) is 166 Å². The summed E-state index contributed by atoms with van der Waals surface area (Å²) in [6, 6.07) is 83.8. The molecule has 0 saturated carbocycles. The van der Waals surface area contributed by atoms with Crippen LogP contribution in [0.25, 0.3) is 61.4 Å². The summed E-state index contributed by atoms with van der Waals surface area (Å²) in [6.07, 6.45) is 0. The van der Waals surface area contributed by atoms with Crippen LogP contribution in [0.2, 0.25) is 0 Å². The van der Waals surface area contributed by atoms with Gasteiger partial charge in [-0.3, -0.25) is 0 Å². The maximum atomic E-state index is 11.0. The molecule has 0 aliphatic rings. The maximum absolute atomic E-state index is 11.0. The number of aromatic nitrogens is 3. The predicted molar refractivity (Wildman–Crippen MR) is 276 cm³/mol. The fourth-order valence-corrected chi connectivity index (χ4v) is 9.17. The van der Waals surface area contributed by atoms with Gasteiger partial charge in [-0.15, -0.1) is 0 Å². The molecular weight excluding hydrogens is 845 g/mol. The van der Waals surface area contributed by atoms with Gasteiger partial charge in [-0.25, -0.2) is 9.97 Å². The minimum Gasteiger partial charge on any atom is -0.310 e. The van der Waals surface area contributed by atoms with Crippen LogP contribution >= 0.6 is 0 Å². The molecule has 11 rings (SSSR count). The summed E-state index contributed by atoms with van der Waals surface area (Å²) in [6.45, 7) is 0. The lowest BCUT2D eigenvalue weighted by Gasteiger charge is -2.26. The van der Waals surface area contributed by atoms with Crippen LogP contribution in [0.1, 0.15) is 16.7 Å². The van der Waals surface area contributed by atoms with E-state index in [1.54, 1.807) is 18.2 Å². The van der Waals surface area contributed by atoms with Crippen molar-refractivity contribution >= 4 is 55.9 Å². The molecule has 0 radical (unpaired) electrons. The molecule has 8 heteroatoms. The molecule has 0 fully saturated rings. The molecule has 2 heterocycles. The Bertz CT molecular complexity index is 3530. The van der Waals surface area contributed by atoms with E-state index in [9.17, 15) is 15.8 Å². The van der Waals surface area contributed by atoms with Crippen LogP contribution < -0.4 is 9.80 Å². The molecule has 9 aromatic carbocycles. The monoisotopic (exact) mass is 882 g/mol. The first-order valence-corrected chi connectivity index (χ1v) is 22.4. The van der Waals surface area contributed by atoms with Crippen molar-refractivity contribution in [2.75, 3.05) is 9.80 Å². The van der Waals surface area contributed by atoms with Gasteiger partial charge in [0.15, 0.2) is 5.82 Å². The molecule has 0 saturated heterocycles. The van der Waals surface area contributed by atoms with Crippen molar-refractivity contribution in [3.63, 3.8) is 0 Å². The third-order valence-electron chi connectivity index (χ3n) is 12.3. The Morgan fingerprint density at radius 3 is 1.17 bits per heavy atom. The number of anilines is 6. The van der Waals surface area contributed by atoms with Crippen molar-refractivity contribution in [1.29, 1.82) is 15.8 Å². The van der Waals surface area contributed by atoms with Crippen molar-refractivity contribution in [3.05, 3.63) is 247 Å². The summed E-state index contributed by atoms with van der Waals surface area (Å²) in [5.41, 5.74) is 12.8. The van der Waals surface area contributed by atoms with Crippen molar-refractivity contribution < 1.29 is 0 Å². The lowest BCUT2D eigenvalue weighted by Crippen LogP contribution is -2.09. The molecular formula is C61H38N8. The van der Waals surface area contributed by atoms with E-state index in [-0.39, 0.29) is 0 Å². The highest BCUT2D eigenvalue weighted by atomic mass is 15.1. The van der Waals surface area contributed by atoms with Crippen LogP contribution in [0.4, 0.5) is 34.1 Å². The summed E-state index contributed by atoms with van der Waals surface area (Å²) in [4.78, 5) is 14.4. The average molecular weight is 883 g/mol. The Kier molecular flexibility index (Phi) is 10.9. The van der Waals surface area contributed by atoms with Gasteiger partial charge in [0.2, 0.25) is 0 Å². The van der Waals surface area contributed by atoms with Gasteiger partial charge in [0.1, 0.15) is 0 Å². The second-order valence-corrected chi connectivity index (χ2v) is 16.4. The first-order chi connectivity index (χ1) is 34.1.